The summed E-state index contributed by atoms with van der Waals surface area (Å²) in [6.07, 6.45) is 1.48. The third-order valence-corrected chi connectivity index (χ3v) is 5.46. The highest BCUT2D eigenvalue weighted by molar-refractivity contribution is 6.31. The van der Waals surface area contributed by atoms with Crippen LogP contribution in [0.3, 0.4) is 0 Å². The molecule has 0 aliphatic carbocycles. The Morgan fingerprint density at radius 1 is 1.20 bits per heavy atom. The van der Waals surface area contributed by atoms with Crippen LogP contribution in [0.2, 0.25) is 5.02 Å². The molecule has 0 unspecified atom stereocenters. The largest absolute Gasteiger partial charge is 0.454 e. The van der Waals surface area contributed by atoms with Gasteiger partial charge in [-0.3, -0.25) is 4.79 Å². The van der Waals surface area contributed by atoms with Crippen LogP contribution in [0.15, 0.2) is 42.5 Å². The molecule has 0 aromatic heterocycles. The summed E-state index contributed by atoms with van der Waals surface area (Å²) in [7, 11) is 0. The fraction of sp³-hybridized carbons (Fsp3) is 0.350. The number of likely N-dealkylation sites (tertiary alicyclic amines) is 1. The van der Waals surface area contributed by atoms with Crippen molar-refractivity contribution in [3.05, 3.63) is 58.6 Å². The Hall–Kier alpha value is -2.20. The minimum atomic E-state index is -0.0379. The maximum atomic E-state index is 12.9. The first-order valence-electron chi connectivity index (χ1n) is 8.57. The summed E-state index contributed by atoms with van der Waals surface area (Å²) in [5, 5.41) is 0.631. The lowest BCUT2D eigenvalue weighted by atomic mass is 9.97. The van der Waals surface area contributed by atoms with E-state index >= 15 is 0 Å². The Morgan fingerprint density at radius 2 is 1.92 bits per heavy atom. The number of halogens is 1. The summed E-state index contributed by atoms with van der Waals surface area (Å²) in [5.41, 5.74) is 2.11. The molecule has 2 aliphatic heterocycles. The molecule has 4 nitrogen and oxygen atoms in total. The van der Waals surface area contributed by atoms with Crippen LogP contribution in [0.25, 0.3) is 0 Å². The molecule has 0 radical (unpaired) electrons. The number of hydrogen-bond donors (Lipinski definition) is 0. The van der Waals surface area contributed by atoms with Gasteiger partial charge in [-0.2, -0.15) is 0 Å². The summed E-state index contributed by atoms with van der Waals surface area (Å²) in [6, 6.07) is 13.9. The van der Waals surface area contributed by atoms with E-state index in [1.807, 2.05) is 29.2 Å². The van der Waals surface area contributed by atoms with E-state index in [0.717, 1.165) is 24.1 Å². The monoisotopic (exact) mass is 357 g/mol. The average molecular weight is 358 g/mol. The molecular weight excluding hydrogens is 338 g/mol. The van der Waals surface area contributed by atoms with Gasteiger partial charge in [0.2, 0.25) is 12.7 Å². The molecule has 0 saturated carbocycles. The molecule has 2 aromatic carbocycles. The van der Waals surface area contributed by atoms with Crippen molar-refractivity contribution < 1.29 is 14.3 Å². The van der Waals surface area contributed by atoms with Gasteiger partial charge >= 0.3 is 0 Å². The number of rotatable bonds is 4. The average Bonchev–Trinajstić information content (AvgIpc) is 3.22. The molecule has 25 heavy (non-hydrogen) atoms. The minimum Gasteiger partial charge on any atom is -0.454 e. The van der Waals surface area contributed by atoms with Crippen LogP contribution in [0.5, 0.6) is 11.5 Å². The minimum absolute atomic E-state index is 0.0379. The molecule has 0 bridgehead atoms. The van der Waals surface area contributed by atoms with Crippen LogP contribution in [-0.4, -0.2) is 24.1 Å². The molecule has 1 fully saturated rings. The number of carbonyl (C=O) groups is 1. The maximum Gasteiger partial charge on any atom is 0.231 e. The number of hydrogen-bond acceptors (Lipinski definition) is 3. The number of ether oxygens (including phenoxy) is 2. The lowest BCUT2D eigenvalue weighted by Gasteiger charge is -2.25. The van der Waals surface area contributed by atoms with Gasteiger partial charge in [0.15, 0.2) is 11.5 Å². The van der Waals surface area contributed by atoms with E-state index in [2.05, 4.69) is 19.1 Å². The quantitative estimate of drug-likeness (QED) is 0.822. The van der Waals surface area contributed by atoms with Crippen molar-refractivity contribution in [2.24, 2.45) is 5.92 Å². The van der Waals surface area contributed by atoms with Crippen LogP contribution >= 0.6 is 11.6 Å². The number of nitrogens with zero attached hydrogens (tertiary/aromatic N) is 1. The summed E-state index contributed by atoms with van der Waals surface area (Å²) in [4.78, 5) is 14.9. The normalized spacial score (nSPS) is 20.2. The van der Waals surface area contributed by atoms with E-state index in [4.69, 9.17) is 21.1 Å². The molecule has 130 valence electrons. The highest BCUT2D eigenvalue weighted by Crippen LogP contribution is 2.39. The van der Waals surface area contributed by atoms with Gasteiger partial charge in [-0.25, -0.2) is 0 Å². The molecule has 2 aliphatic rings. The van der Waals surface area contributed by atoms with Crippen LogP contribution in [0, 0.1) is 5.92 Å². The first kappa shape index (κ1) is 16.3. The van der Waals surface area contributed by atoms with Crippen molar-refractivity contribution in [2.45, 2.75) is 25.8 Å². The third-order valence-electron chi connectivity index (χ3n) is 5.11. The molecule has 4 rings (SSSR count). The van der Waals surface area contributed by atoms with Gasteiger partial charge in [-0.05, 0) is 37.0 Å². The van der Waals surface area contributed by atoms with Crippen LogP contribution in [-0.2, 0) is 11.2 Å². The van der Waals surface area contributed by atoms with Crippen molar-refractivity contribution in [2.75, 3.05) is 13.3 Å². The van der Waals surface area contributed by atoms with Crippen molar-refractivity contribution in [3.63, 3.8) is 0 Å². The van der Waals surface area contributed by atoms with Gasteiger partial charge in [0.25, 0.3) is 0 Å². The molecule has 0 spiro atoms. The van der Waals surface area contributed by atoms with Gasteiger partial charge in [-0.15, -0.1) is 0 Å². The molecule has 2 atom stereocenters. The summed E-state index contributed by atoms with van der Waals surface area (Å²) in [6.45, 7) is 3.09. The zero-order valence-corrected chi connectivity index (χ0v) is 14.8. The Balaban J connectivity index is 1.49. The van der Waals surface area contributed by atoms with Gasteiger partial charge in [0.1, 0.15) is 0 Å². The number of fused-ring (bicyclic) bond motifs is 1. The highest BCUT2D eigenvalue weighted by Gasteiger charge is 2.35. The molecule has 5 heteroatoms. The van der Waals surface area contributed by atoms with E-state index in [9.17, 15) is 4.79 Å². The highest BCUT2D eigenvalue weighted by atomic mass is 35.5. The van der Waals surface area contributed by atoms with Gasteiger partial charge in [0.05, 0.1) is 6.04 Å². The van der Waals surface area contributed by atoms with Gasteiger partial charge in [-0.1, -0.05) is 41.9 Å². The zero-order valence-electron chi connectivity index (χ0n) is 14.1. The van der Waals surface area contributed by atoms with Crippen LogP contribution < -0.4 is 9.47 Å². The predicted octanol–water partition coefficient (Wildman–Crippen LogP) is 4.22. The van der Waals surface area contributed by atoms with Crippen molar-refractivity contribution in [3.8, 4) is 11.5 Å². The zero-order chi connectivity index (χ0) is 17.4. The molecule has 1 amide bonds. The smallest absolute Gasteiger partial charge is 0.231 e. The second-order valence-corrected chi connectivity index (χ2v) is 7.01. The first-order valence-corrected chi connectivity index (χ1v) is 8.94. The van der Waals surface area contributed by atoms with Crippen molar-refractivity contribution in [1.82, 2.24) is 4.90 Å². The predicted molar refractivity (Wildman–Crippen MR) is 96.0 cm³/mol. The van der Waals surface area contributed by atoms with Crippen molar-refractivity contribution >= 4 is 17.5 Å². The third kappa shape index (κ3) is 3.07. The van der Waals surface area contributed by atoms with Crippen LogP contribution in [0.4, 0.5) is 0 Å². The molecule has 2 aromatic rings. The SMILES string of the molecule is C[C@@H](c1ccccc1)N1CC[C@@H](Cc2cc3c(cc2Cl)OCO3)C1=O. The van der Waals surface area contributed by atoms with E-state index in [-0.39, 0.29) is 24.7 Å². The second kappa shape index (κ2) is 6.60. The van der Waals surface area contributed by atoms with E-state index in [1.165, 1.54) is 0 Å². The molecule has 2 heterocycles. The number of amides is 1. The van der Waals surface area contributed by atoms with Gasteiger partial charge < -0.3 is 14.4 Å². The van der Waals surface area contributed by atoms with E-state index in [1.54, 1.807) is 6.07 Å². The Bertz CT molecular complexity index is 793. The fourth-order valence-corrected chi connectivity index (χ4v) is 3.86. The summed E-state index contributed by atoms with van der Waals surface area (Å²) in [5.74, 6) is 1.54. The number of carbonyl (C=O) groups excluding carboxylic acids is 1. The van der Waals surface area contributed by atoms with Gasteiger partial charge in [0, 0.05) is 23.6 Å². The molecular formula is C20H20ClNO3. The number of benzene rings is 2. The van der Waals surface area contributed by atoms with Crippen molar-refractivity contribution in [1.29, 1.82) is 0 Å². The lowest BCUT2D eigenvalue weighted by molar-refractivity contribution is -0.132. The second-order valence-electron chi connectivity index (χ2n) is 6.60. The standard InChI is InChI=1S/C20H20ClNO3/c1-13(14-5-3-2-4-6-14)22-8-7-15(20(22)23)9-16-10-18-19(11-17(16)21)25-12-24-18/h2-6,10-11,13,15H,7-9,12H2,1H3/t13-,15-/m0/s1. The maximum absolute atomic E-state index is 12.9. The topological polar surface area (TPSA) is 38.8 Å². The molecule has 1 saturated heterocycles. The Morgan fingerprint density at radius 3 is 2.68 bits per heavy atom. The van der Waals surface area contributed by atoms with Crippen LogP contribution in [0.1, 0.15) is 30.5 Å². The molecule has 0 N–H and O–H groups in total. The summed E-state index contributed by atoms with van der Waals surface area (Å²) >= 11 is 6.37. The Labute approximate surface area is 152 Å². The lowest BCUT2D eigenvalue weighted by Crippen LogP contribution is -2.30. The summed E-state index contributed by atoms with van der Waals surface area (Å²) < 4.78 is 10.8. The van der Waals surface area contributed by atoms with E-state index in [0.29, 0.717) is 22.9 Å². The fourth-order valence-electron chi connectivity index (χ4n) is 3.63. The Kier molecular flexibility index (Phi) is 4.30. The van der Waals surface area contributed by atoms with E-state index < -0.39 is 0 Å². The first-order chi connectivity index (χ1) is 12.1.